The molecule has 2 rings (SSSR count). The van der Waals surface area contributed by atoms with Gasteiger partial charge in [-0.3, -0.25) is 4.79 Å². The maximum Gasteiger partial charge on any atom is 0.271 e. The number of nitrogens with one attached hydrogen (secondary N) is 1. The predicted octanol–water partition coefficient (Wildman–Crippen LogP) is 2.96. The number of hydrogen-bond donors (Lipinski definition) is 1. The minimum Gasteiger partial charge on any atom is -0.267 e. The summed E-state index contributed by atoms with van der Waals surface area (Å²) in [7, 11) is 0. The summed E-state index contributed by atoms with van der Waals surface area (Å²) >= 11 is 1.59. The molecule has 5 heteroatoms. The van der Waals surface area contributed by atoms with Crippen LogP contribution in [-0.2, 0) is 0 Å². The van der Waals surface area contributed by atoms with Gasteiger partial charge in [0.2, 0.25) is 0 Å². The smallest absolute Gasteiger partial charge is 0.267 e. The number of aryl methyl sites for hydroxylation is 1. The lowest BCUT2D eigenvalue weighted by molar-refractivity contribution is 0.0955. The highest BCUT2D eigenvalue weighted by molar-refractivity contribution is 7.13. The van der Waals surface area contributed by atoms with Gasteiger partial charge in [-0.05, 0) is 43.3 Å². The molecule has 1 heterocycles. The molecular weight excluding hydrogens is 251 g/mol. The van der Waals surface area contributed by atoms with Crippen molar-refractivity contribution in [2.75, 3.05) is 0 Å². The van der Waals surface area contributed by atoms with E-state index in [2.05, 4.69) is 10.5 Å². The maximum absolute atomic E-state index is 12.7. The van der Waals surface area contributed by atoms with Crippen LogP contribution in [0.15, 0.2) is 41.5 Å². The molecular formula is C13H11FN2OS. The molecule has 18 heavy (non-hydrogen) atoms. The van der Waals surface area contributed by atoms with Crippen molar-refractivity contribution in [2.45, 2.75) is 6.92 Å². The number of halogens is 1. The van der Waals surface area contributed by atoms with E-state index in [-0.39, 0.29) is 11.7 Å². The Kier molecular flexibility index (Phi) is 3.84. The Morgan fingerprint density at radius 3 is 2.61 bits per heavy atom. The van der Waals surface area contributed by atoms with Gasteiger partial charge in [0.15, 0.2) is 0 Å². The third-order valence-electron chi connectivity index (χ3n) is 2.23. The minimum atomic E-state index is -0.371. The molecule has 92 valence electrons. The molecule has 0 unspecified atom stereocenters. The Balaban J connectivity index is 1.96. The van der Waals surface area contributed by atoms with Gasteiger partial charge in [0.05, 0.1) is 6.21 Å². The first kappa shape index (κ1) is 12.4. The second kappa shape index (κ2) is 5.55. The largest absolute Gasteiger partial charge is 0.271 e. The first-order valence-corrected chi connectivity index (χ1v) is 6.12. The Bertz CT molecular complexity index is 575. The van der Waals surface area contributed by atoms with E-state index >= 15 is 0 Å². The van der Waals surface area contributed by atoms with Gasteiger partial charge in [0, 0.05) is 15.3 Å². The lowest BCUT2D eigenvalue weighted by atomic mass is 10.2. The Morgan fingerprint density at radius 2 is 2.00 bits per heavy atom. The van der Waals surface area contributed by atoms with E-state index < -0.39 is 0 Å². The van der Waals surface area contributed by atoms with Crippen molar-refractivity contribution in [2.24, 2.45) is 5.10 Å². The standard InChI is InChI=1S/C13H11FN2OS/c1-9-2-7-12(18-9)8-15-16-13(17)10-3-5-11(14)6-4-10/h2-8H,1H3,(H,16,17)/b15-8-. The molecule has 0 aliphatic heterocycles. The summed E-state index contributed by atoms with van der Waals surface area (Å²) in [6.45, 7) is 2.00. The normalized spacial score (nSPS) is 10.8. The fourth-order valence-corrected chi connectivity index (χ4v) is 2.09. The number of nitrogens with zero attached hydrogens (tertiary/aromatic N) is 1. The van der Waals surface area contributed by atoms with Crippen LogP contribution >= 0.6 is 11.3 Å². The molecule has 0 bridgehead atoms. The van der Waals surface area contributed by atoms with Crippen LogP contribution in [0.5, 0.6) is 0 Å². The van der Waals surface area contributed by atoms with E-state index in [1.807, 2.05) is 19.1 Å². The molecule has 3 nitrogen and oxygen atoms in total. The van der Waals surface area contributed by atoms with E-state index in [1.54, 1.807) is 17.6 Å². The molecule has 0 aliphatic carbocycles. The number of carbonyl (C=O) groups is 1. The van der Waals surface area contributed by atoms with Gasteiger partial charge in [-0.1, -0.05) is 0 Å². The molecule has 1 aromatic heterocycles. The van der Waals surface area contributed by atoms with Crippen molar-refractivity contribution in [3.05, 3.63) is 57.5 Å². The van der Waals surface area contributed by atoms with Gasteiger partial charge in [-0.25, -0.2) is 9.82 Å². The van der Waals surface area contributed by atoms with E-state index in [4.69, 9.17) is 0 Å². The SMILES string of the molecule is Cc1ccc(/C=N\NC(=O)c2ccc(F)cc2)s1. The molecule has 0 aliphatic rings. The van der Waals surface area contributed by atoms with Crippen LogP contribution in [-0.4, -0.2) is 12.1 Å². The maximum atomic E-state index is 12.7. The molecule has 0 spiro atoms. The molecule has 1 N–H and O–H groups in total. The average molecular weight is 262 g/mol. The second-order valence-corrected chi connectivity index (χ2v) is 4.97. The highest BCUT2D eigenvalue weighted by Gasteiger charge is 2.03. The number of benzene rings is 1. The van der Waals surface area contributed by atoms with Crippen LogP contribution in [0.4, 0.5) is 4.39 Å². The number of hydrazone groups is 1. The third kappa shape index (κ3) is 3.24. The Labute approximate surface area is 108 Å². The van der Waals surface area contributed by atoms with E-state index in [0.29, 0.717) is 5.56 Å². The summed E-state index contributed by atoms with van der Waals surface area (Å²) < 4.78 is 12.7. The monoisotopic (exact) mass is 262 g/mol. The van der Waals surface area contributed by atoms with E-state index in [9.17, 15) is 9.18 Å². The Hall–Kier alpha value is -2.01. The number of rotatable bonds is 3. The Morgan fingerprint density at radius 1 is 1.28 bits per heavy atom. The molecule has 2 aromatic rings. The van der Waals surface area contributed by atoms with Crippen LogP contribution in [0.3, 0.4) is 0 Å². The average Bonchev–Trinajstić information content (AvgIpc) is 2.76. The fraction of sp³-hybridized carbons (Fsp3) is 0.0769. The first-order chi connectivity index (χ1) is 8.65. The van der Waals surface area contributed by atoms with Crippen molar-refractivity contribution in [1.29, 1.82) is 0 Å². The zero-order valence-electron chi connectivity index (χ0n) is 9.68. The molecule has 0 saturated carbocycles. The molecule has 1 amide bonds. The number of carbonyl (C=O) groups excluding carboxylic acids is 1. The summed E-state index contributed by atoms with van der Waals surface area (Å²) in [5.74, 6) is -0.733. The molecule has 0 radical (unpaired) electrons. The lowest BCUT2D eigenvalue weighted by Gasteiger charge is -1.98. The van der Waals surface area contributed by atoms with Crippen molar-refractivity contribution in [1.82, 2.24) is 5.43 Å². The lowest BCUT2D eigenvalue weighted by Crippen LogP contribution is -2.17. The molecule has 0 saturated heterocycles. The van der Waals surface area contributed by atoms with Gasteiger partial charge < -0.3 is 0 Å². The summed E-state index contributed by atoms with van der Waals surface area (Å²) in [5.41, 5.74) is 2.76. The topological polar surface area (TPSA) is 41.5 Å². The molecule has 0 fully saturated rings. The zero-order chi connectivity index (χ0) is 13.0. The number of thiophene rings is 1. The third-order valence-corrected chi connectivity index (χ3v) is 3.16. The van der Waals surface area contributed by atoms with Crippen molar-refractivity contribution < 1.29 is 9.18 Å². The van der Waals surface area contributed by atoms with Crippen LogP contribution < -0.4 is 5.43 Å². The van der Waals surface area contributed by atoms with Gasteiger partial charge in [-0.15, -0.1) is 11.3 Å². The highest BCUT2D eigenvalue weighted by Crippen LogP contribution is 2.12. The van der Waals surface area contributed by atoms with Gasteiger partial charge in [-0.2, -0.15) is 5.10 Å². The van der Waals surface area contributed by atoms with Gasteiger partial charge in [0.1, 0.15) is 5.82 Å². The van der Waals surface area contributed by atoms with Crippen LogP contribution in [0.25, 0.3) is 0 Å². The zero-order valence-corrected chi connectivity index (χ0v) is 10.5. The fourth-order valence-electron chi connectivity index (χ4n) is 1.34. The van der Waals surface area contributed by atoms with E-state index in [1.165, 1.54) is 29.1 Å². The summed E-state index contributed by atoms with van der Waals surface area (Å²) in [6, 6.07) is 9.20. The highest BCUT2D eigenvalue weighted by atomic mass is 32.1. The van der Waals surface area contributed by atoms with Crippen molar-refractivity contribution in [3.63, 3.8) is 0 Å². The molecule has 1 aromatic carbocycles. The first-order valence-electron chi connectivity index (χ1n) is 5.30. The van der Waals surface area contributed by atoms with Gasteiger partial charge >= 0.3 is 0 Å². The van der Waals surface area contributed by atoms with Crippen molar-refractivity contribution >= 4 is 23.5 Å². The quantitative estimate of drug-likeness (QED) is 0.670. The number of hydrogen-bond acceptors (Lipinski definition) is 3. The van der Waals surface area contributed by atoms with Crippen LogP contribution in [0.1, 0.15) is 20.1 Å². The van der Waals surface area contributed by atoms with Crippen molar-refractivity contribution in [3.8, 4) is 0 Å². The minimum absolute atomic E-state index is 0.362. The van der Waals surface area contributed by atoms with E-state index in [0.717, 1.165) is 4.88 Å². The van der Waals surface area contributed by atoms with Crippen LogP contribution in [0.2, 0.25) is 0 Å². The summed E-state index contributed by atoms with van der Waals surface area (Å²) in [4.78, 5) is 13.8. The summed E-state index contributed by atoms with van der Waals surface area (Å²) in [5, 5.41) is 3.85. The number of amides is 1. The predicted molar refractivity (Wildman–Crippen MR) is 70.5 cm³/mol. The molecule has 0 atom stereocenters. The van der Waals surface area contributed by atoms with Gasteiger partial charge in [0.25, 0.3) is 5.91 Å². The summed E-state index contributed by atoms with van der Waals surface area (Å²) in [6.07, 6.45) is 1.58. The van der Waals surface area contributed by atoms with Crippen LogP contribution in [0, 0.1) is 12.7 Å². The second-order valence-electron chi connectivity index (χ2n) is 3.65.